The number of hydrogen-bond donors (Lipinski definition) is 2. The van der Waals surface area contributed by atoms with Gasteiger partial charge in [-0.05, 0) is 29.3 Å². The van der Waals surface area contributed by atoms with E-state index in [4.69, 9.17) is 24.5 Å². The van der Waals surface area contributed by atoms with E-state index in [0.717, 1.165) is 45.9 Å². The number of aromatic nitrogens is 1. The Hall–Kier alpha value is -2.27. The van der Waals surface area contributed by atoms with Crippen LogP contribution in [-0.2, 0) is 27.4 Å². The Labute approximate surface area is 216 Å². The number of nitrogens with zero attached hydrogens (tertiary/aromatic N) is 3. The molecule has 2 fully saturated rings. The molecular formula is C21H25F6N3O5S2. The molecule has 0 bridgehead atoms. The lowest BCUT2D eigenvalue weighted by Crippen LogP contribution is -2.32. The number of carboxylic acid groups (broad SMARTS) is 2. The highest BCUT2D eigenvalue weighted by Crippen LogP contribution is 2.27. The molecule has 8 nitrogen and oxygen atoms in total. The van der Waals surface area contributed by atoms with Crippen molar-refractivity contribution in [2.45, 2.75) is 38.5 Å². The summed E-state index contributed by atoms with van der Waals surface area (Å²) in [7, 11) is 0. The highest BCUT2D eigenvalue weighted by molar-refractivity contribution is 7.09. The number of carbonyl (C=O) groups is 2. The third-order valence-electron chi connectivity index (χ3n) is 5.37. The average molecular weight is 578 g/mol. The van der Waals surface area contributed by atoms with E-state index in [1.807, 2.05) is 5.51 Å². The third-order valence-corrected chi connectivity index (χ3v) is 7.02. The summed E-state index contributed by atoms with van der Waals surface area (Å²) < 4.78 is 69.6. The third kappa shape index (κ3) is 10.6. The van der Waals surface area contributed by atoms with Crippen LogP contribution in [0.4, 0.5) is 26.3 Å². The number of aliphatic carboxylic acids is 2. The predicted molar refractivity (Wildman–Crippen MR) is 122 cm³/mol. The molecule has 2 saturated heterocycles. The van der Waals surface area contributed by atoms with Gasteiger partial charge in [0.25, 0.3) is 0 Å². The van der Waals surface area contributed by atoms with Gasteiger partial charge in [-0.1, -0.05) is 0 Å². The molecule has 2 aliphatic rings. The number of aryl methyl sites for hydroxylation is 1. The lowest BCUT2D eigenvalue weighted by atomic mass is 10.1. The number of fused-ring (bicyclic) bond motifs is 1. The van der Waals surface area contributed by atoms with Gasteiger partial charge >= 0.3 is 24.3 Å². The first-order valence-electron chi connectivity index (χ1n) is 10.7. The topological polar surface area (TPSA) is 103 Å². The fourth-order valence-corrected chi connectivity index (χ4v) is 5.12. The number of halogens is 6. The first-order valence-corrected chi connectivity index (χ1v) is 12.6. The van der Waals surface area contributed by atoms with Crippen molar-refractivity contribution in [2.75, 3.05) is 32.8 Å². The number of ether oxygens (including phenoxy) is 1. The standard InChI is InChI=1S/C17H23N3OS2.2C2HF3O2/c1-13-17(23-12-18-13)10-20-8-15-7-19(3-4-21-16(15)9-20)6-14-2-5-22-11-14;2*3-2(4,5)1(6)7/h2,5,11-12,15-16H,3-4,6-10H2,1H3;2*(H,6,7)/t15-,16+;;/m0../s1. The van der Waals surface area contributed by atoms with Gasteiger partial charge in [0.15, 0.2) is 0 Å². The molecule has 0 saturated carbocycles. The number of likely N-dealkylation sites (tertiary alicyclic amines) is 1. The molecule has 2 aromatic rings. The van der Waals surface area contributed by atoms with E-state index < -0.39 is 24.3 Å². The minimum atomic E-state index is -5.08. The minimum Gasteiger partial charge on any atom is -0.475 e. The minimum absolute atomic E-state index is 0.399. The first-order chi connectivity index (χ1) is 17.2. The van der Waals surface area contributed by atoms with Crippen molar-refractivity contribution in [3.05, 3.63) is 38.5 Å². The maximum absolute atomic E-state index is 10.6. The molecule has 37 heavy (non-hydrogen) atoms. The van der Waals surface area contributed by atoms with Crippen molar-refractivity contribution >= 4 is 34.6 Å². The van der Waals surface area contributed by atoms with Gasteiger partial charge in [-0.3, -0.25) is 9.80 Å². The number of thiophene rings is 1. The fourth-order valence-electron chi connectivity index (χ4n) is 3.64. The largest absolute Gasteiger partial charge is 0.490 e. The SMILES string of the molecule is Cc1ncsc1CN1C[C@@H]2CN(Cc3ccsc3)CCO[C@@H]2C1.O=C(O)C(F)(F)F.O=C(O)C(F)(F)F. The zero-order valence-electron chi connectivity index (χ0n) is 19.5. The van der Waals surface area contributed by atoms with Crippen LogP contribution in [0.1, 0.15) is 16.1 Å². The van der Waals surface area contributed by atoms with E-state index in [9.17, 15) is 26.3 Å². The van der Waals surface area contributed by atoms with Crippen molar-refractivity contribution in [3.63, 3.8) is 0 Å². The van der Waals surface area contributed by atoms with Crippen LogP contribution in [0.25, 0.3) is 0 Å². The molecule has 0 radical (unpaired) electrons. The van der Waals surface area contributed by atoms with Gasteiger partial charge < -0.3 is 14.9 Å². The average Bonchev–Trinajstić information content (AvgIpc) is 3.49. The van der Waals surface area contributed by atoms with Crippen molar-refractivity contribution < 1.29 is 50.9 Å². The van der Waals surface area contributed by atoms with Gasteiger partial charge in [-0.25, -0.2) is 14.6 Å². The van der Waals surface area contributed by atoms with Gasteiger partial charge in [0.05, 0.1) is 23.9 Å². The second-order valence-electron chi connectivity index (χ2n) is 8.20. The van der Waals surface area contributed by atoms with Crippen LogP contribution >= 0.6 is 22.7 Å². The zero-order chi connectivity index (χ0) is 27.8. The second kappa shape index (κ2) is 13.5. The van der Waals surface area contributed by atoms with Crippen LogP contribution in [0.15, 0.2) is 22.3 Å². The van der Waals surface area contributed by atoms with Crippen molar-refractivity contribution in [1.29, 1.82) is 0 Å². The molecule has 2 atom stereocenters. The Morgan fingerprint density at radius 1 is 1.05 bits per heavy atom. The quantitative estimate of drug-likeness (QED) is 0.524. The van der Waals surface area contributed by atoms with Gasteiger partial charge in [0.1, 0.15) is 0 Å². The Bertz CT molecular complexity index is 976. The molecule has 0 aromatic carbocycles. The van der Waals surface area contributed by atoms with E-state index in [0.29, 0.717) is 12.0 Å². The summed E-state index contributed by atoms with van der Waals surface area (Å²) >= 11 is 3.56. The van der Waals surface area contributed by atoms with E-state index in [2.05, 4.69) is 38.5 Å². The monoisotopic (exact) mass is 577 g/mol. The molecule has 2 aromatic heterocycles. The van der Waals surface area contributed by atoms with Gasteiger partial charge in [-0.2, -0.15) is 37.7 Å². The van der Waals surface area contributed by atoms with E-state index in [1.165, 1.54) is 16.1 Å². The van der Waals surface area contributed by atoms with Crippen molar-refractivity contribution in [2.24, 2.45) is 5.92 Å². The number of hydrogen-bond acceptors (Lipinski definition) is 8. The molecule has 0 amide bonds. The van der Waals surface area contributed by atoms with Crippen LogP contribution in [-0.4, -0.2) is 88.2 Å². The highest BCUT2D eigenvalue weighted by atomic mass is 32.1. The molecule has 16 heteroatoms. The Balaban J connectivity index is 0.000000286. The Morgan fingerprint density at radius 2 is 1.65 bits per heavy atom. The summed E-state index contributed by atoms with van der Waals surface area (Å²) in [5, 5.41) is 18.7. The van der Waals surface area contributed by atoms with Crippen LogP contribution < -0.4 is 0 Å². The molecule has 0 spiro atoms. The zero-order valence-corrected chi connectivity index (χ0v) is 21.1. The normalized spacial score (nSPS) is 20.6. The van der Waals surface area contributed by atoms with Gasteiger partial charge in [0.2, 0.25) is 0 Å². The van der Waals surface area contributed by atoms with Crippen molar-refractivity contribution in [1.82, 2.24) is 14.8 Å². The van der Waals surface area contributed by atoms with Gasteiger partial charge in [-0.15, -0.1) is 11.3 Å². The van der Waals surface area contributed by atoms with Crippen LogP contribution in [0, 0.1) is 12.8 Å². The molecule has 208 valence electrons. The summed E-state index contributed by atoms with van der Waals surface area (Å²) in [4.78, 5) is 28.7. The van der Waals surface area contributed by atoms with Crippen LogP contribution in [0.5, 0.6) is 0 Å². The molecule has 0 aliphatic carbocycles. The summed E-state index contributed by atoms with van der Waals surface area (Å²) in [6.45, 7) is 9.46. The molecule has 4 rings (SSSR count). The number of rotatable bonds is 4. The molecule has 0 unspecified atom stereocenters. The predicted octanol–water partition coefficient (Wildman–Crippen LogP) is 4.11. The number of alkyl halides is 6. The lowest BCUT2D eigenvalue weighted by molar-refractivity contribution is -0.193. The summed E-state index contributed by atoms with van der Waals surface area (Å²) in [5.41, 5.74) is 4.57. The van der Waals surface area contributed by atoms with Gasteiger partial charge in [0, 0.05) is 50.1 Å². The summed E-state index contributed by atoms with van der Waals surface area (Å²) in [5.74, 6) is -4.88. The smallest absolute Gasteiger partial charge is 0.475 e. The number of thiazole rings is 1. The fraction of sp³-hybridized carbons (Fsp3) is 0.571. The Kier molecular flexibility index (Phi) is 11.3. The molecular weight excluding hydrogens is 552 g/mol. The van der Waals surface area contributed by atoms with Crippen molar-refractivity contribution in [3.8, 4) is 0 Å². The lowest BCUT2D eigenvalue weighted by Gasteiger charge is -2.23. The van der Waals surface area contributed by atoms with E-state index in [-0.39, 0.29) is 0 Å². The van der Waals surface area contributed by atoms with Crippen LogP contribution in [0.3, 0.4) is 0 Å². The van der Waals surface area contributed by atoms with E-state index in [1.54, 1.807) is 22.7 Å². The second-order valence-corrected chi connectivity index (χ2v) is 9.92. The maximum Gasteiger partial charge on any atom is 0.490 e. The number of carboxylic acids is 2. The summed E-state index contributed by atoms with van der Waals surface area (Å²) in [6, 6.07) is 2.24. The molecule has 4 heterocycles. The maximum atomic E-state index is 10.6. The Morgan fingerprint density at radius 3 is 2.14 bits per heavy atom. The molecule has 2 aliphatic heterocycles. The molecule has 2 N–H and O–H groups in total. The van der Waals surface area contributed by atoms with E-state index >= 15 is 0 Å². The highest BCUT2D eigenvalue weighted by Gasteiger charge is 2.39. The van der Waals surface area contributed by atoms with Crippen LogP contribution in [0.2, 0.25) is 0 Å². The summed E-state index contributed by atoms with van der Waals surface area (Å²) in [6.07, 6.45) is -9.77. The first kappa shape index (κ1) is 31.0.